The first kappa shape index (κ1) is 16.6. The van der Waals surface area contributed by atoms with E-state index < -0.39 is 17.6 Å². The Balaban J connectivity index is 1.86. The maximum Gasteiger partial charge on any atom is 0.212 e. The Bertz CT molecular complexity index is 1130. The molecule has 4 rings (SSSR count). The van der Waals surface area contributed by atoms with Gasteiger partial charge in [0.2, 0.25) is 5.95 Å². The number of pyridine rings is 2. The normalized spacial score (nSPS) is 10.9. The number of nitrogens with zero attached hydrogens (tertiary/aromatic N) is 6. The maximum absolute atomic E-state index is 14.2. The number of anilines is 1. The Morgan fingerprint density at radius 2 is 1.74 bits per heavy atom. The Morgan fingerprint density at radius 1 is 0.926 bits per heavy atom. The number of hydrogen-bond acceptors (Lipinski definition) is 6. The monoisotopic (exact) mass is 369 g/mol. The molecule has 0 aliphatic carbocycles. The fraction of sp³-hybridized carbons (Fsp3) is 0. The first-order valence-electron chi connectivity index (χ1n) is 7.65. The molecule has 2 N–H and O–H groups in total. The van der Waals surface area contributed by atoms with Crippen LogP contribution in [0.3, 0.4) is 0 Å². The summed E-state index contributed by atoms with van der Waals surface area (Å²) in [6.45, 7) is 0. The molecule has 3 aromatic heterocycles. The Labute approximate surface area is 150 Å². The van der Waals surface area contributed by atoms with Crippen LogP contribution in [0.15, 0.2) is 48.8 Å². The quantitative estimate of drug-likeness (QED) is 0.558. The van der Waals surface area contributed by atoms with E-state index in [0.717, 1.165) is 10.7 Å². The molecule has 0 radical (unpaired) electrons. The minimum atomic E-state index is -1.10. The van der Waals surface area contributed by atoms with Gasteiger partial charge in [-0.25, -0.2) is 18.7 Å². The van der Waals surface area contributed by atoms with E-state index >= 15 is 0 Å². The van der Waals surface area contributed by atoms with Gasteiger partial charge in [0.25, 0.3) is 0 Å². The van der Waals surface area contributed by atoms with Gasteiger partial charge in [0, 0.05) is 23.5 Å². The van der Waals surface area contributed by atoms with Crippen LogP contribution < -0.4 is 5.73 Å². The molecule has 27 heavy (non-hydrogen) atoms. The van der Waals surface area contributed by atoms with Gasteiger partial charge in [-0.15, -0.1) is 5.10 Å². The van der Waals surface area contributed by atoms with Crippen LogP contribution in [0.4, 0.5) is 19.0 Å². The van der Waals surface area contributed by atoms with Crippen molar-refractivity contribution in [3.63, 3.8) is 0 Å². The fourth-order valence-corrected chi connectivity index (χ4v) is 2.53. The number of nitrogen functional groups attached to an aromatic ring is 1. The van der Waals surface area contributed by atoms with Crippen molar-refractivity contribution in [3.05, 3.63) is 66.4 Å². The van der Waals surface area contributed by atoms with Gasteiger partial charge >= 0.3 is 0 Å². The van der Waals surface area contributed by atoms with Gasteiger partial charge in [0.1, 0.15) is 11.5 Å². The minimum absolute atomic E-state index is 0.0708. The lowest BCUT2D eigenvalue weighted by molar-refractivity contribution is 0.501. The van der Waals surface area contributed by atoms with Gasteiger partial charge in [-0.3, -0.25) is 0 Å². The summed E-state index contributed by atoms with van der Waals surface area (Å²) < 4.78 is 41.8. The lowest BCUT2D eigenvalue weighted by atomic mass is 10.1. The van der Waals surface area contributed by atoms with Crippen LogP contribution in [0.1, 0.15) is 0 Å². The number of benzene rings is 1. The third-order valence-corrected chi connectivity index (χ3v) is 3.85. The molecule has 1 aromatic carbocycles. The summed E-state index contributed by atoms with van der Waals surface area (Å²) >= 11 is 0. The van der Waals surface area contributed by atoms with E-state index in [0.29, 0.717) is 16.7 Å². The number of nitrogens with two attached hydrogens (primary N) is 1. The van der Waals surface area contributed by atoms with E-state index in [2.05, 4.69) is 25.5 Å². The van der Waals surface area contributed by atoms with E-state index in [1.54, 1.807) is 6.07 Å². The summed E-state index contributed by atoms with van der Waals surface area (Å²) in [5.41, 5.74) is 7.21. The van der Waals surface area contributed by atoms with Crippen molar-refractivity contribution in [3.8, 4) is 28.2 Å². The van der Waals surface area contributed by atoms with Crippen LogP contribution >= 0.6 is 0 Å². The Morgan fingerprint density at radius 3 is 2.52 bits per heavy atom. The van der Waals surface area contributed by atoms with Crippen molar-refractivity contribution in [2.75, 3.05) is 5.73 Å². The largest absolute Gasteiger partial charge is 0.383 e. The minimum Gasteiger partial charge on any atom is -0.383 e. The molecule has 0 saturated heterocycles. The fourth-order valence-electron chi connectivity index (χ4n) is 2.53. The van der Waals surface area contributed by atoms with E-state index in [1.807, 2.05) is 0 Å². The van der Waals surface area contributed by atoms with E-state index in [1.165, 1.54) is 36.7 Å². The number of halogens is 3. The second-order valence-electron chi connectivity index (χ2n) is 5.51. The van der Waals surface area contributed by atoms with Crippen molar-refractivity contribution < 1.29 is 13.2 Å². The maximum atomic E-state index is 14.2. The van der Waals surface area contributed by atoms with Crippen molar-refractivity contribution in [1.29, 1.82) is 0 Å². The lowest BCUT2D eigenvalue weighted by Crippen LogP contribution is -2.06. The zero-order valence-corrected chi connectivity index (χ0v) is 13.5. The van der Waals surface area contributed by atoms with Gasteiger partial charge in [-0.05, 0) is 40.8 Å². The van der Waals surface area contributed by atoms with Crippen molar-refractivity contribution in [2.45, 2.75) is 0 Å². The highest BCUT2D eigenvalue weighted by molar-refractivity contribution is 5.76. The van der Waals surface area contributed by atoms with Crippen molar-refractivity contribution >= 4 is 5.82 Å². The van der Waals surface area contributed by atoms with E-state index in [-0.39, 0.29) is 17.3 Å². The van der Waals surface area contributed by atoms with Gasteiger partial charge in [-0.1, -0.05) is 6.07 Å². The molecule has 0 spiro atoms. The SMILES string of the molecule is Nc1ncc(-c2ccc(F)nc2)cc1-c1nnnn1-c1cccc(F)c1F. The first-order valence-corrected chi connectivity index (χ1v) is 7.65. The molecule has 7 nitrogen and oxygen atoms in total. The van der Waals surface area contributed by atoms with Gasteiger partial charge in [0.05, 0.1) is 5.56 Å². The highest BCUT2D eigenvalue weighted by Crippen LogP contribution is 2.29. The molecule has 0 aliphatic rings. The summed E-state index contributed by atoms with van der Waals surface area (Å²) in [5, 5.41) is 11.1. The number of rotatable bonds is 3. The zero-order valence-electron chi connectivity index (χ0n) is 13.5. The molecular formula is C17H10F3N7. The average molecular weight is 369 g/mol. The second kappa shape index (κ2) is 6.48. The molecule has 0 amide bonds. The second-order valence-corrected chi connectivity index (χ2v) is 5.51. The predicted molar refractivity (Wildman–Crippen MR) is 89.9 cm³/mol. The molecule has 10 heteroatoms. The van der Waals surface area contributed by atoms with Crippen LogP contribution in [0, 0.1) is 17.6 Å². The molecule has 0 aliphatic heterocycles. The molecule has 0 bridgehead atoms. The summed E-state index contributed by atoms with van der Waals surface area (Å²) in [7, 11) is 0. The third-order valence-electron chi connectivity index (χ3n) is 3.85. The summed E-state index contributed by atoms with van der Waals surface area (Å²) in [6.07, 6.45) is 2.81. The number of tetrazole rings is 1. The molecular weight excluding hydrogens is 359 g/mol. The van der Waals surface area contributed by atoms with Crippen LogP contribution in [0.25, 0.3) is 28.2 Å². The molecule has 4 aromatic rings. The number of hydrogen-bond donors (Lipinski definition) is 1. The Kier molecular flexibility index (Phi) is 3.99. The van der Waals surface area contributed by atoms with Crippen LogP contribution in [0.5, 0.6) is 0 Å². The topological polar surface area (TPSA) is 95.4 Å². The molecule has 3 heterocycles. The van der Waals surface area contributed by atoms with Crippen LogP contribution in [-0.4, -0.2) is 30.2 Å². The highest BCUT2D eigenvalue weighted by Gasteiger charge is 2.19. The number of aromatic nitrogens is 6. The van der Waals surface area contributed by atoms with Crippen LogP contribution in [0.2, 0.25) is 0 Å². The van der Waals surface area contributed by atoms with Gasteiger partial charge in [0.15, 0.2) is 17.5 Å². The molecule has 134 valence electrons. The van der Waals surface area contributed by atoms with Gasteiger partial charge in [-0.2, -0.15) is 9.07 Å². The highest BCUT2D eigenvalue weighted by atomic mass is 19.2. The Hall–Kier alpha value is -3.82. The third kappa shape index (κ3) is 2.97. The van der Waals surface area contributed by atoms with E-state index in [4.69, 9.17) is 5.73 Å². The molecule has 0 atom stereocenters. The molecule has 0 fully saturated rings. The smallest absolute Gasteiger partial charge is 0.212 e. The average Bonchev–Trinajstić information content (AvgIpc) is 3.14. The molecule has 0 saturated carbocycles. The summed E-state index contributed by atoms with van der Waals surface area (Å²) in [4.78, 5) is 7.68. The predicted octanol–water partition coefficient (Wildman–Crippen LogP) is 2.79. The summed E-state index contributed by atoms with van der Waals surface area (Å²) in [6, 6.07) is 7.99. The van der Waals surface area contributed by atoms with Crippen molar-refractivity contribution in [1.82, 2.24) is 30.2 Å². The molecule has 0 unspecified atom stereocenters. The van der Waals surface area contributed by atoms with Gasteiger partial charge < -0.3 is 5.73 Å². The summed E-state index contributed by atoms with van der Waals surface area (Å²) in [5.74, 6) is -2.60. The zero-order chi connectivity index (χ0) is 19.0. The first-order chi connectivity index (χ1) is 13.0. The standard InChI is InChI=1S/C17H10F3N7/c18-12-2-1-3-13(15(12)20)27-17(24-25-26-27)11-6-10(8-23-16(11)21)9-4-5-14(19)22-7-9/h1-8H,(H2,21,23). The lowest BCUT2D eigenvalue weighted by Gasteiger charge is -2.09. The van der Waals surface area contributed by atoms with Crippen molar-refractivity contribution in [2.24, 2.45) is 0 Å². The van der Waals surface area contributed by atoms with Crippen LogP contribution in [-0.2, 0) is 0 Å². The van der Waals surface area contributed by atoms with E-state index in [9.17, 15) is 13.2 Å².